The van der Waals surface area contributed by atoms with Crippen LogP contribution in [0.5, 0.6) is 0 Å². The van der Waals surface area contributed by atoms with Gasteiger partial charge in [0.1, 0.15) is 10.7 Å². The van der Waals surface area contributed by atoms with Crippen molar-refractivity contribution in [3.05, 3.63) is 4.88 Å². The minimum atomic E-state index is -0.0418. The van der Waals surface area contributed by atoms with Crippen molar-refractivity contribution in [1.82, 2.24) is 14.8 Å². The molecule has 0 radical (unpaired) electrons. The maximum atomic E-state index is 12.4. The van der Waals surface area contributed by atoms with E-state index in [-0.39, 0.29) is 5.91 Å². The molecule has 1 amide bonds. The van der Waals surface area contributed by atoms with Gasteiger partial charge in [0.15, 0.2) is 5.13 Å². The normalized spacial score (nSPS) is 11.0. The molecule has 0 aliphatic rings. The van der Waals surface area contributed by atoms with Gasteiger partial charge in [-0.3, -0.25) is 4.79 Å². The van der Waals surface area contributed by atoms with Gasteiger partial charge in [0.05, 0.1) is 0 Å². The van der Waals surface area contributed by atoms with Crippen LogP contribution in [0.25, 0.3) is 0 Å². The molecule has 1 heterocycles. The topological polar surface area (TPSA) is 65.7 Å². The van der Waals surface area contributed by atoms with Crippen molar-refractivity contribution >= 4 is 28.2 Å². The van der Waals surface area contributed by atoms with Gasteiger partial charge in [-0.25, -0.2) is 4.98 Å². The second-order valence-electron chi connectivity index (χ2n) is 5.52. The summed E-state index contributed by atoms with van der Waals surface area (Å²) in [7, 11) is 7.83. The number of amides is 1. The molecule has 0 saturated carbocycles. The van der Waals surface area contributed by atoms with E-state index in [1.54, 1.807) is 4.90 Å². The van der Waals surface area contributed by atoms with Gasteiger partial charge in [0.2, 0.25) is 0 Å². The first-order valence-corrected chi connectivity index (χ1v) is 8.06. The number of nitrogens with two attached hydrogens (primary N) is 1. The summed E-state index contributed by atoms with van der Waals surface area (Å²) in [6, 6.07) is 0. The third kappa shape index (κ3) is 5.17. The summed E-state index contributed by atoms with van der Waals surface area (Å²) in [5.74, 6) is 0.294. The molecular weight excluding hydrogens is 286 g/mol. The van der Waals surface area contributed by atoms with Crippen LogP contribution in [0.15, 0.2) is 0 Å². The van der Waals surface area contributed by atoms with Crippen LogP contribution in [0.2, 0.25) is 0 Å². The van der Waals surface area contributed by atoms with Gasteiger partial charge in [-0.1, -0.05) is 18.3 Å². The Labute approximate surface area is 131 Å². The van der Waals surface area contributed by atoms with Crippen LogP contribution < -0.4 is 10.6 Å². The van der Waals surface area contributed by atoms with E-state index in [1.807, 2.05) is 33.1 Å². The Bertz CT molecular complexity index is 460. The monoisotopic (exact) mass is 313 g/mol. The summed E-state index contributed by atoms with van der Waals surface area (Å²) < 4.78 is 0. The maximum Gasteiger partial charge on any atom is 0.267 e. The van der Waals surface area contributed by atoms with E-state index in [1.165, 1.54) is 11.3 Å². The largest absolute Gasteiger partial charge is 0.382 e. The molecule has 0 aliphatic heterocycles. The Morgan fingerprint density at radius 3 is 2.43 bits per heavy atom. The van der Waals surface area contributed by atoms with Crippen LogP contribution in [0.3, 0.4) is 0 Å². The molecule has 0 aliphatic carbocycles. The molecule has 0 atom stereocenters. The number of carbonyl (C=O) groups excluding carboxylic acids is 1. The number of hydrogen-bond donors (Lipinski definition) is 1. The van der Waals surface area contributed by atoms with E-state index >= 15 is 0 Å². The highest BCUT2D eigenvalue weighted by Gasteiger charge is 2.20. The molecule has 0 unspecified atom stereocenters. The van der Waals surface area contributed by atoms with Crippen LogP contribution in [-0.4, -0.2) is 68.5 Å². The molecule has 21 heavy (non-hydrogen) atoms. The standard InChI is InChI=1S/C14H27N5OS/c1-6-8-19(5)14-16-12(15)11(21-14)13(20)18(4)10-7-9-17(2)3/h6-10,15H2,1-5H3. The van der Waals surface area contributed by atoms with E-state index in [4.69, 9.17) is 5.73 Å². The van der Waals surface area contributed by atoms with Gasteiger partial charge >= 0.3 is 0 Å². The van der Waals surface area contributed by atoms with Gasteiger partial charge < -0.3 is 20.4 Å². The highest BCUT2D eigenvalue weighted by molar-refractivity contribution is 7.18. The minimum Gasteiger partial charge on any atom is -0.382 e. The predicted molar refractivity (Wildman–Crippen MR) is 90.2 cm³/mol. The average molecular weight is 313 g/mol. The minimum absolute atomic E-state index is 0.0418. The first-order valence-electron chi connectivity index (χ1n) is 7.24. The third-order valence-corrected chi connectivity index (χ3v) is 4.34. The zero-order valence-electron chi connectivity index (χ0n) is 13.7. The van der Waals surface area contributed by atoms with Gasteiger partial charge in [0.25, 0.3) is 5.91 Å². The molecule has 0 spiro atoms. The molecule has 0 fully saturated rings. The molecular formula is C14H27N5OS. The van der Waals surface area contributed by atoms with E-state index in [0.29, 0.717) is 17.2 Å². The molecule has 1 aromatic heterocycles. The Kier molecular flexibility index (Phi) is 6.91. The molecule has 0 saturated heterocycles. The fourth-order valence-corrected chi connectivity index (χ4v) is 2.93. The van der Waals surface area contributed by atoms with Gasteiger partial charge in [-0.15, -0.1) is 0 Å². The lowest BCUT2D eigenvalue weighted by Gasteiger charge is -2.18. The summed E-state index contributed by atoms with van der Waals surface area (Å²) in [5, 5.41) is 0.805. The Hall–Kier alpha value is -1.34. The molecule has 2 N–H and O–H groups in total. The first kappa shape index (κ1) is 17.7. The molecule has 0 aromatic carbocycles. The first-order chi connectivity index (χ1) is 9.86. The van der Waals surface area contributed by atoms with Crippen LogP contribution >= 0.6 is 11.3 Å². The van der Waals surface area contributed by atoms with Crippen molar-refractivity contribution < 1.29 is 4.79 Å². The molecule has 6 nitrogen and oxygen atoms in total. The van der Waals surface area contributed by atoms with Crippen LogP contribution in [-0.2, 0) is 0 Å². The predicted octanol–water partition coefficient (Wildman–Crippen LogP) is 1.60. The lowest BCUT2D eigenvalue weighted by Crippen LogP contribution is -2.29. The van der Waals surface area contributed by atoms with Crippen molar-refractivity contribution in [3.63, 3.8) is 0 Å². The summed E-state index contributed by atoms with van der Waals surface area (Å²) >= 11 is 1.37. The smallest absolute Gasteiger partial charge is 0.267 e. The summed E-state index contributed by atoms with van der Waals surface area (Å²) in [6.45, 7) is 4.69. The zero-order valence-corrected chi connectivity index (χ0v) is 14.5. The van der Waals surface area contributed by atoms with E-state index < -0.39 is 0 Å². The van der Waals surface area contributed by atoms with Gasteiger partial charge in [0, 0.05) is 27.2 Å². The van der Waals surface area contributed by atoms with Gasteiger partial charge in [-0.2, -0.15) is 0 Å². The molecule has 120 valence electrons. The van der Waals surface area contributed by atoms with Crippen molar-refractivity contribution in [2.75, 3.05) is 58.5 Å². The average Bonchev–Trinajstić information content (AvgIpc) is 2.79. The number of aromatic nitrogens is 1. The number of nitrogen functional groups attached to an aromatic ring is 1. The van der Waals surface area contributed by atoms with Crippen LogP contribution in [0.1, 0.15) is 29.4 Å². The Balaban J connectivity index is 2.69. The molecule has 1 rings (SSSR count). The fraction of sp³-hybridized carbons (Fsp3) is 0.714. The Morgan fingerprint density at radius 1 is 1.19 bits per heavy atom. The number of hydrogen-bond acceptors (Lipinski definition) is 6. The van der Waals surface area contributed by atoms with Crippen LogP contribution in [0, 0.1) is 0 Å². The highest BCUT2D eigenvalue weighted by atomic mass is 32.1. The van der Waals surface area contributed by atoms with Crippen molar-refractivity contribution in [3.8, 4) is 0 Å². The summed E-state index contributed by atoms with van der Waals surface area (Å²) in [5.41, 5.74) is 5.91. The molecule has 0 bridgehead atoms. The van der Waals surface area contributed by atoms with Gasteiger partial charge in [-0.05, 0) is 33.5 Å². The maximum absolute atomic E-state index is 12.4. The number of rotatable bonds is 8. The SMILES string of the molecule is CCCN(C)c1nc(N)c(C(=O)N(C)CCCN(C)C)s1. The van der Waals surface area contributed by atoms with E-state index in [0.717, 1.165) is 31.1 Å². The zero-order chi connectivity index (χ0) is 16.0. The lowest BCUT2D eigenvalue weighted by molar-refractivity contribution is 0.0796. The quantitative estimate of drug-likeness (QED) is 0.789. The van der Waals surface area contributed by atoms with E-state index in [9.17, 15) is 4.79 Å². The summed E-state index contributed by atoms with van der Waals surface area (Å²) in [6.07, 6.45) is 1.97. The second-order valence-corrected chi connectivity index (χ2v) is 6.49. The third-order valence-electron chi connectivity index (χ3n) is 3.17. The second kappa shape index (κ2) is 8.19. The van der Waals surface area contributed by atoms with E-state index in [2.05, 4.69) is 16.8 Å². The molecule has 7 heteroatoms. The fourth-order valence-electron chi connectivity index (χ4n) is 1.97. The molecule has 1 aromatic rings. The van der Waals surface area contributed by atoms with Crippen molar-refractivity contribution in [1.29, 1.82) is 0 Å². The van der Waals surface area contributed by atoms with Crippen LogP contribution in [0.4, 0.5) is 10.9 Å². The van der Waals surface area contributed by atoms with Crippen molar-refractivity contribution in [2.24, 2.45) is 0 Å². The highest BCUT2D eigenvalue weighted by Crippen LogP contribution is 2.28. The number of carbonyl (C=O) groups is 1. The number of nitrogens with zero attached hydrogens (tertiary/aromatic N) is 4. The summed E-state index contributed by atoms with van der Waals surface area (Å²) in [4.78, 5) is 23.1. The number of anilines is 2. The lowest BCUT2D eigenvalue weighted by atomic mass is 10.3. The Morgan fingerprint density at radius 2 is 1.86 bits per heavy atom. The number of thiazole rings is 1. The van der Waals surface area contributed by atoms with Crippen molar-refractivity contribution in [2.45, 2.75) is 19.8 Å².